The standard InChI is InChI=1S/C46H29NO2/c1-3-15-34(16-4-1)47(35-17-5-2-6-18-35)36-19-10-13-32(29-36)31-12-9-14-33(28-31)37-21-11-23-40-44(37)46-42(49-40)27-25-30-24-26-41-45(43(30)46)38-20-7-8-22-39(38)48-41/h1-29H. The number of rotatable bonds is 5. The van der Waals surface area contributed by atoms with Gasteiger partial charge < -0.3 is 13.7 Å². The topological polar surface area (TPSA) is 29.5 Å². The molecule has 8 aromatic carbocycles. The van der Waals surface area contributed by atoms with Gasteiger partial charge >= 0.3 is 0 Å². The second-order valence-corrected chi connectivity index (χ2v) is 12.5. The van der Waals surface area contributed by atoms with Gasteiger partial charge in [0.2, 0.25) is 0 Å². The Morgan fingerprint density at radius 1 is 0.327 bits per heavy atom. The molecule has 0 atom stereocenters. The van der Waals surface area contributed by atoms with Crippen LogP contribution in [0.25, 0.3) is 76.9 Å². The van der Waals surface area contributed by atoms with Crippen molar-refractivity contribution in [1.29, 1.82) is 0 Å². The normalized spacial score (nSPS) is 11.7. The maximum absolute atomic E-state index is 6.57. The first-order valence-electron chi connectivity index (χ1n) is 16.6. The predicted molar refractivity (Wildman–Crippen MR) is 204 cm³/mol. The third-order valence-corrected chi connectivity index (χ3v) is 9.62. The summed E-state index contributed by atoms with van der Waals surface area (Å²) in [5.41, 5.74) is 11.4. The van der Waals surface area contributed by atoms with Crippen LogP contribution in [0, 0.1) is 0 Å². The van der Waals surface area contributed by atoms with E-state index in [4.69, 9.17) is 8.83 Å². The Hall–Kier alpha value is -6.58. The highest BCUT2D eigenvalue weighted by Gasteiger charge is 2.20. The van der Waals surface area contributed by atoms with Crippen molar-refractivity contribution >= 4 is 71.7 Å². The average Bonchev–Trinajstić information content (AvgIpc) is 3.75. The van der Waals surface area contributed by atoms with Crippen molar-refractivity contribution in [3.8, 4) is 22.3 Å². The minimum atomic E-state index is 0.874. The van der Waals surface area contributed by atoms with E-state index in [1.807, 2.05) is 12.1 Å². The van der Waals surface area contributed by atoms with Crippen LogP contribution in [0.1, 0.15) is 0 Å². The van der Waals surface area contributed by atoms with E-state index >= 15 is 0 Å². The molecule has 0 unspecified atom stereocenters. The number of hydrogen-bond acceptors (Lipinski definition) is 3. The third kappa shape index (κ3) is 4.44. The fourth-order valence-electron chi connectivity index (χ4n) is 7.47. The van der Waals surface area contributed by atoms with Gasteiger partial charge in [-0.3, -0.25) is 0 Å². The number of para-hydroxylation sites is 3. The lowest BCUT2D eigenvalue weighted by Crippen LogP contribution is -2.09. The molecule has 2 heterocycles. The first-order valence-corrected chi connectivity index (χ1v) is 16.6. The molecule has 0 N–H and O–H groups in total. The van der Waals surface area contributed by atoms with Crippen LogP contribution >= 0.6 is 0 Å². The summed E-state index contributed by atoms with van der Waals surface area (Å²) in [6, 6.07) is 61.9. The zero-order valence-electron chi connectivity index (χ0n) is 26.5. The zero-order chi connectivity index (χ0) is 32.3. The SMILES string of the molecule is c1ccc(N(c2ccccc2)c2cccc(-c3cccc(-c4cccc5oc6ccc7ccc8oc9ccccc9c8c7c6c45)c3)c2)cc1. The summed E-state index contributed by atoms with van der Waals surface area (Å²) < 4.78 is 12.9. The molecule has 230 valence electrons. The van der Waals surface area contributed by atoms with Gasteiger partial charge in [-0.05, 0) is 94.4 Å². The molecule has 10 aromatic rings. The lowest BCUT2D eigenvalue weighted by molar-refractivity contribution is 0.669. The minimum Gasteiger partial charge on any atom is -0.456 e. The van der Waals surface area contributed by atoms with Crippen LogP contribution in [0.2, 0.25) is 0 Å². The number of furan rings is 2. The quantitative estimate of drug-likeness (QED) is 0.190. The molecule has 3 heteroatoms. The van der Waals surface area contributed by atoms with Crippen LogP contribution in [0.3, 0.4) is 0 Å². The van der Waals surface area contributed by atoms with E-state index in [0.717, 1.165) is 94.0 Å². The Labute approximate surface area is 282 Å². The molecular formula is C46H29NO2. The summed E-state index contributed by atoms with van der Waals surface area (Å²) in [7, 11) is 0. The van der Waals surface area contributed by atoms with Gasteiger partial charge in [0.15, 0.2) is 0 Å². The van der Waals surface area contributed by atoms with Gasteiger partial charge in [0.05, 0.1) is 0 Å². The highest BCUT2D eigenvalue weighted by molar-refractivity contribution is 6.32. The fraction of sp³-hybridized carbons (Fsp3) is 0. The van der Waals surface area contributed by atoms with Crippen LogP contribution in [-0.4, -0.2) is 0 Å². The second kappa shape index (κ2) is 11.0. The molecular weight excluding hydrogens is 599 g/mol. The van der Waals surface area contributed by atoms with E-state index in [9.17, 15) is 0 Å². The van der Waals surface area contributed by atoms with Gasteiger partial charge in [0.25, 0.3) is 0 Å². The maximum Gasteiger partial charge on any atom is 0.136 e. The van der Waals surface area contributed by atoms with E-state index in [-0.39, 0.29) is 0 Å². The molecule has 3 nitrogen and oxygen atoms in total. The van der Waals surface area contributed by atoms with Crippen molar-refractivity contribution < 1.29 is 8.83 Å². The molecule has 0 fully saturated rings. The van der Waals surface area contributed by atoms with Gasteiger partial charge in [-0.2, -0.15) is 0 Å². The number of fused-ring (bicyclic) bond motifs is 9. The number of benzene rings is 8. The molecule has 0 radical (unpaired) electrons. The van der Waals surface area contributed by atoms with Gasteiger partial charge in [-0.25, -0.2) is 0 Å². The van der Waals surface area contributed by atoms with Crippen LogP contribution in [0.15, 0.2) is 185 Å². The molecule has 10 rings (SSSR count). The molecule has 0 spiro atoms. The van der Waals surface area contributed by atoms with Crippen molar-refractivity contribution in [1.82, 2.24) is 0 Å². The smallest absolute Gasteiger partial charge is 0.136 e. The zero-order valence-corrected chi connectivity index (χ0v) is 26.5. The molecule has 0 aliphatic rings. The molecule has 0 amide bonds. The maximum atomic E-state index is 6.57. The van der Waals surface area contributed by atoms with Gasteiger partial charge in [0, 0.05) is 44.0 Å². The summed E-state index contributed by atoms with van der Waals surface area (Å²) in [4.78, 5) is 2.30. The number of anilines is 3. The van der Waals surface area contributed by atoms with Crippen molar-refractivity contribution in [2.24, 2.45) is 0 Å². The molecule has 2 aromatic heterocycles. The predicted octanol–water partition coefficient (Wildman–Crippen LogP) is 13.4. The lowest BCUT2D eigenvalue weighted by atomic mass is 9.93. The van der Waals surface area contributed by atoms with Crippen LogP contribution in [0.4, 0.5) is 17.1 Å². The van der Waals surface area contributed by atoms with Gasteiger partial charge in [0.1, 0.15) is 22.3 Å². The first kappa shape index (κ1) is 27.5. The Morgan fingerprint density at radius 2 is 0.878 bits per heavy atom. The van der Waals surface area contributed by atoms with Gasteiger partial charge in [-0.1, -0.05) is 109 Å². The number of nitrogens with zero attached hydrogens (tertiary/aromatic N) is 1. The van der Waals surface area contributed by atoms with E-state index < -0.39 is 0 Å². The molecule has 0 aliphatic carbocycles. The molecule has 49 heavy (non-hydrogen) atoms. The summed E-state index contributed by atoms with van der Waals surface area (Å²) >= 11 is 0. The van der Waals surface area contributed by atoms with Crippen molar-refractivity contribution in [2.75, 3.05) is 4.90 Å². The van der Waals surface area contributed by atoms with Crippen LogP contribution in [-0.2, 0) is 0 Å². The fourth-order valence-corrected chi connectivity index (χ4v) is 7.47. The van der Waals surface area contributed by atoms with E-state index in [0.29, 0.717) is 0 Å². The Morgan fingerprint density at radius 3 is 1.65 bits per heavy atom. The molecule has 0 saturated carbocycles. The lowest BCUT2D eigenvalue weighted by Gasteiger charge is -2.26. The van der Waals surface area contributed by atoms with E-state index in [2.05, 4.69) is 169 Å². The Kier molecular flexibility index (Phi) is 6.18. The van der Waals surface area contributed by atoms with Crippen molar-refractivity contribution in [3.05, 3.63) is 176 Å². The van der Waals surface area contributed by atoms with Crippen LogP contribution in [0.5, 0.6) is 0 Å². The summed E-state index contributed by atoms with van der Waals surface area (Å²) in [6.07, 6.45) is 0. The minimum absolute atomic E-state index is 0.874. The largest absolute Gasteiger partial charge is 0.456 e. The monoisotopic (exact) mass is 627 g/mol. The van der Waals surface area contributed by atoms with E-state index in [1.54, 1.807) is 0 Å². The average molecular weight is 628 g/mol. The Balaban J connectivity index is 1.16. The summed E-state index contributed by atoms with van der Waals surface area (Å²) in [5, 5.41) is 6.81. The van der Waals surface area contributed by atoms with Crippen molar-refractivity contribution in [2.45, 2.75) is 0 Å². The summed E-state index contributed by atoms with van der Waals surface area (Å²) in [6.45, 7) is 0. The third-order valence-electron chi connectivity index (χ3n) is 9.62. The highest BCUT2D eigenvalue weighted by atomic mass is 16.3. The molecule has 0 bridgehead atoms. The second-order valence-electron chi connectivity index (χ2n) is 12.5. The van der Waals surface area contributed by atoms with E-state index in [1.165, 1.54) is 0 Å². The van der Waals surface area contributed by atoms with Gasteiger partial charge in [-0.15, -0.1) is 0 Å². The van der Waals surface area contributed by atoms with Crippen molar-refractivity contribution in [3.63, 3.8) is 0 Å². The highest BCUT2D eigenvalue weighted by Crippen LogP contribution is 2.45. The van der Waals surface area contributed by atoms with Crippen LogP contribution < -0.4 is 4.90 Å². The Bertz CT molecular complexity index is 2780. The molecule has 0 saturated heterocycles. The molecule has 0 aliphatic heterocycles. The number of hydrogen-bond donors (Lipinski definition) is 0. The first-order chi connectivity index (χ1) is 24.3. The summed E-state index contributed by atoms with van der Waals surface area (Å²) in [5.74, 6) is 0.